The Hall–Kier alpha value is -2.50. The number of hydrogen-bond donors (Lipinski definition) is 1. The highest BCUT2D eigenvalue weighted by Gasteiger charge is 2.33. The number of nitrogens with one attached hydrogen (secondary N) is 1. The van der Waals surface area contributed by atoms with Crippen LogP contribution in [0.3, 0.4) is 0 Å². The molecule has 6 heteroatoms. The van der Waals surface area contributed by atoms with E-state index in [-0.39, 0.29) is 11.9 Å². The van der Waals surface area contributed by atoms with Gasteiger partial charge in [-0.15, -0.1) is 0 Å². The predicted molar refractivity (Wildman–Crippen MR) is 104 cm³/mol. The first kappa shape index (κ1) is 18.8. The SMILES string of the molecule is CC(=O)N[C@@H](C)c1cc(C2CC(COc3ccc(OCC4CC4)cc3)C2)no1. The first-order valence-electron chi connectivity index (χ1n) is 10.2. The molecule has 0 radical (unpaired) electrons. The van der Waals surface area contributed by atoms with Crippen LogP contribution in [-0.4, -0.2) is 24.3 Å². The second-order valence-corrected chi connectivity index (χ2v) is 8.15. The van der Waals surface area contributed by atoms with Gasteiger partial charge in [-0.3, -0.25) is 4.79 Å². The van der Waals surface area contributed by atoms with Crippen molar-refractivity contribution in [1.29, 1.82) is 0 Å². The lowest BCUT2D eigenvalue weighted by atomic mass is 9.73. The number of rotatable bonds is 9. The zero-order valence-corrected chi connectivity index (χ0v) is 16.5. The van der Waals surface area contributed by atoms with Gasteiger partial charge >= 0.3 is 0 Å². The molecule has 4 rings (SSSR count). The van der Waals surface area contributed by atoms with E-state index >= 15 is 0 Å². The maximum absolute atomic E-state index is 11.2. The summed E-state index contributed by atoms with van der Waals surface area (Å²) in [6.45, 7) is 4.94. The summed E-state index contributed by atoms with van der Waals surface area (Å²) in [6, 6.07) is 9.72. The number of carbonyl (C=O) groups excluding carboxylic acids is 1. The van der Waals surface area contributed by atoms with Crippen molar-refractivity contribution < 1.29 is 18.8 Å². The van der Waals surface area contributed by atoms with Crippen molar-refractivity contribution in [2.75, 3.05) is 13.2 Å². The smallest absolute Gasteiger partial charge is 0.217 e. The summed E-state index contributed by atoms with van der Waals surface area (Å²) >= 11 is 0. The Morgan fingerprint density at radius 3 is 2.32 bits per heavy atom. The highest BCUT2D eigenvalue weighted by molar-refractivity contribution is 5.73. The molecule has 1 heterocycles. The Kier molecular flexibility index (Phi) is 5.55. The van der Waals surface area contributed by atoms with Crippen molar-refractivity contribution in [3.8, 4) is 11.5 Å². The molecule has 1 N–H and O–H groups in total. The molecule has 2 fully saturated rings. The van der Waals surface area contributed by atoms with Gasteiger partial charge in [0.2, 0.25) is 5.91 Å². The zero-order chi connectivity index (χ0) is 19.5. The third-order valence-corrected chi connectivity index (χ3v) is 5.54. The molecule has 0 saturated heterocycles. The summed E-state index contributed by atoms with van der Waals surface area (Å²) in [6.07, 6.45) is 4.69. The van der Waals surface area contributed by atoms with Gasteiger partial charge in [0.15, 0.2) is 5.76 Å². The molecule has 2 aliphatic carbocycles. The Morgan fingerprint density at radius 2 is 1.75 bits per heavy atom. The molecule has 0 aliphatic heterocycles. The second kappa shape index (κ2) is 8.25. The van der Waals surface area contributed by atoms with Crippen LogP contribution in [0.2, 0.25) is 0 Å². The van der Waals surface area contributed by atoms with Crippen LogP contribution in [0.25, 0.3) is 0 Å². The highest BCUT2D eigenvalue weighted by atomic mass is 16.5. The highest BCUT2D eigenvalue weighted by Crippen LogP contribution is 2.41. The maximum Gasteiger partial charge on any atom is 0.217 e. The van der Waals surface area contributed by atoms with Crippen molar-refractivity contribution in [3.05, 3.63) is 41.8 Å². The lowest BCUT2D eigenvalue weighted by Gasteiger charge is -2.33. The summed E-state index contributed by atoms with van der Waals surface area (Å²) in [5.74, 6) is 4.13. The van der Waals surface area contributed by atoms with Gasteiger partial charge in [-0.1, -0.05) is 5.16 Å². The van der Waals surface area contributed by atoms with E-state index < -0.39 is 0 Å². The molecule has 2 aliphatic rings. The average Bonchev–Trinajstić information content (AvgIpc) is 3.34. The van der Waals surface area contributed by atoms with Crippen LogP contribution in [0, 0.1) is 11.8 Å². The molecule has 0 bridgehead atoms. The molecule has 28 heavy (non-hydrogen) atoms. The summed E-state index contributed by atoms with van der Waals surface area (Å²) in [5, 5.41) is 7.00. The van der Waals surface area contributed by atoms with Crippen LogP contribution in [0.4, 0.5) is 0 Å². The third-order valence-electron chi connectivity index (χ3n) is 5.54. The first-order valence-corrected chi connectivity index (χ1v) is 10.2. The Balaban J connectivity index is 1.18. The summed E-state index contributed by atoms with van der Waals surface area (Å²) in [5.41, 5.74) is 0.973. The summed E-state index contributed by atoms with van der Waals surface area (Å²) < 4.78 is 17.1. The van der Waals surface area contributed by atoms with E-state index in [1.54, 1.807) is 0 Å². The molecule has 1 amide bonds. The van der Waals surface area contributed by atoms with Crippen LogP contribution in [-0.2, 0) is 4.79 Å². The minimum Gasteiger partial charge on any atom is -0.493 e. The normalized spacial score (nSPS) is 22.2. The lowest BCUT2D eigenvalue weighted by molar-refractivity contribution is -0.119. The van der Waals surface area contributed by atoms with Crippen LogP contribution < -0.4 is 14.8 Å². The van der Waals surface area contributed by atoms with Gasteiger partial charge in [0, 0.05) is 18.9 Å². The molecule has 6 nitrogen and oxygen atoms in total. The van der Waals surface area contributed by atoms with E-state index in [1.165, 1.54) is 19.8 Å². The van der Waals surface area contributed by atoms with Crippen molar-refractivity contribution in [2.45, 2.75) is 51.5 Å². The first-order chi connectivity index (χ1) is 13.6. The van der Waals surface area contributed by atoms with Gasteiger partial charge < -0.3 is 19.3 Å². The van der Waals surface area contributed by atoms with Gasteiger partial charge in [-0.2, -0.15) is 0 Å². The van der Waals surface area contributed by atoms with Crippen molar-refractivity contribution in [2.24, 2.45) is 11.8 Å². The summed E-state index contributed by atoms with van der Waals surface area (Å²) in [4.78, 5) is 11.2. The topological polar surface area (TPSA) is 73.6 Å². The largest absolute Gasteiger partial charge is 0.493 e. The van der Waals surface area contributed by atoms with Crippen LogP contribution in [0.15, 0.2) is 34.9 Å². The molecule has 0 unspecified atom stereocenters. The fourth-order valence-electron chi connectivity index (χ4n) is 3.53. The fourth-order valence-corrected chi connectivity index (χ4v) is 3.53. The van der Waals surface area contributed by atoms with E-state index in [0.717, 1.165) is 42.6 Å². The van der Waals surface area contributed by atoms with E-state index in [0.29, 0.717) is 24.2 Å². The van der Waals surface area contributed by atoms with Gasteiger partial charge in [0.05, 0.1) is 24.9 Å². The summed E-state index contributed by atoms with van der Waals surface area (Å²) in [7, 11) is 0. The Labute approximate surface area is 165 Å². The van der Waals surface area contributed by atoms with Crippen LogP contribution in [0.1, 0.15) is 62.9 Å². The van der Waals surface area contributed by atoms with Crippen LogP contribution in [0.5, 0.6) is 11.5 Å². The number of aromatic nitrogens is 1. The average molecular weight is 384 g/mol. The molecule has 0 spiro atoms. The fraction of sp³-hybridized carbons (Fsp3) is 0.545. The molecule has 1 aromatic heterocycles. The number of amides is 1. The van der Waals surface area contributed by atoms with Crippen LogP contribution >= 0.6 is 0 Å². The number of ether oxygens (including phenoxy) is 2. The molecule has 2 saturated carbocycles. The minimum absolute atomic E-state index is 0.0752. The van der Waals surface area contributed by atoms with E-state index in [4.69, 9.17) is 14.0 Å². The maximum atomic E-state index is 11.2. The lowest BCUT2D eigenvalue weighted by Crippen LogP contribution is -2.27. The zero-order valence-electron chi connectivity index (χ0n) is 16.5. The predicted octanol–water partition coefficient (Wildman–Crippen LogP) is 4.23. The molecular formula is C22H28N2O4. The number of carbonyl (C=O) groups is 1. The quantitative estimate of drug-likeness (QED) is 0.700. The number of nitrogens with zero attached hydrogens (tertiary/aromatic N) is 1. The molecule has 1 atom stereocenters. The van der Waals surface area contributed by atoms with Crippen molar-refractivity contribution in [1.82, 2.24) is 10.5 Å². The Bertz CT molecular complexity index is 791. The van der Waals surface area contributed by atoms with Crippen molar-refractivity contribution in [3.63, 3.8) is 0 Å². The van der Waals surface area contributed by atoms with Gasteiger partial charge in [-0.05, 0) is 68.7 Å². The number of benzene rings is 1. The molecule has 1 aromatic carbocycles. The van der Waals surface area contributed by atoms with Gasteiger partial charge in [0.25, 0.3) is 0 Å². The van der Waals surface area contributed by atoms with E-state index in [1.807, 2.05) is 37.3 Å². The second-order valence-electron chi connectivity index (χ2n) is 8.15. The molecule has 2 aromatic rings. The van der Waals surface area contributed by atoms with Gasteiger partial charge in [-0.25, -0.2) is 0 Å². The van der Waals surface area contributed by atoms with Gasteiger partial charge in [0.1, 0.15) is 11.5 Å². The van der Waals surface area contributed by atoms with E-state index in [9.17, 15) is 4.79 Å². The van der Waals surface area contributed by atoms with E-state index in [2.05, 4.69) is 10.5 Å². The molecular weight excluding hydrogens is 356 g/mol. The standard InChI is InChI=1S/C22H28N2O4/c1-14(23-15(2)25)22-11-21(24-28-22)18-9-17(10-18)13-27-20-7-5-19(6-8-20)26-12-16-3-4-16/h5-8,11,14,16-18H,3-4,9-10,12-13H2,1-2H3,(H,23,25)/t14-,17?,18?/m0/s1. The van der Waals surface area contributed by atoms with Crippen molar-refractivity contribution >= 4 is 5.91 Å². The third kappa shape index (κ3) is 4.86. The number of hydrogen-bond acceptors (Lipinski definition) is 5. The minimum atomic E-state index is -0.158. The molecule has 150 valence electrons. The monoisotopic (exact) mass is 384 g/mol. The Morgan fingerprint density at radius 1 is 1.14 bits per heavy atom.